The lowest BCUT2D eigenvalue weighted by Crippen LogP contribution is -1.94. The number of hydrogen-bond acceptors (Lipinski definition) is 3. The molecule has 0 aromatic heterocycles. The van der Waals surface area contributed by atoms with Crippen LogP contribution in [0.15, 0.2) is 29.2 Å². The van der Waals surface area contributed by atoms with Gasteiger partial charge in [0.25, 0.3) is 0 Å². The van der Waals surface area contributed by atoms with Gasteiger partial charge in [0, 0.05) is 10.5 Å². The molecule has 0 aliphatic rings. The number of thiol groups is 2. The summed E-state index contributed by atoms with van der Waals surface area (Å²) < 4.78 is 0. The number of benzene rings is 1. The lowest BCUT2D eigenvalue weighted by molar-refractivity contribution is 0.569. The van der Waals surface area contributed by atoms with Gasteiger partial charge in [-0.1, -0.05) is 12.1 Å². The van der Waals surface area contributed by atoms with Gasteiger partial charge >= 0.3 is 0 Å². The highest BCUT2D eigenvalue weighted by Crippen LogP contribution is 2.12. The SMILES string of the molecule is CS.OC(=S)c1ccccc1S. The zero-order valence-electron chi connectivity index (χ0n) is 6.56. The fraction of sp³-hybridized carbons (Fsp3) is 0.125. The lowest BCUT2D eigenvalue weighted by Gasteiger charge is -1.98. The molecule has 0 fully saturated rings. The second-order valence-corrected chi connectivity index (χ2v) is 2.69. The van der Waals surface area contributed by atoms with E-state index in [0.717, 1.165) is 0 Å². The van der Waals surface area contributed by atoms with Crippen LogP contribution in [0.25, 0.3) is 0 Å². The minimum Gasteiger partial charge on any atom is -0.498 e. The average molecular weight is 218 g/mol. The monoisotopic (exact) mass is 218 g/mol. The summed E-state index contributed by atoms with van der Waals surface area (Å²) >= 11 is 12.2. The molecule has 0 bridgehead atoms. The Morgan fingerprint density at radius 3 is 2.17 bits per heavy atom. The van der Waals surface area contributed by atoms with E-state index in [4.69, 9.17) is 5.11 Å². The molecule has 0 atom stereocenters. The summed E-state index contributed by atoms with van der Waals surface area (Å²) in [5.74, 6) is 0. The Bertz CT molecular complexity index is 260. The fourth-order valence-corrected chi connectivity index (χ4v) is 1.17. The third kappa shape index (κ3) is 3.47. The predicted octanol–water partition coefficient (Wildman–Crippen LogP) is 2.75. The molecule has 0 saturated carbocycles. The highest BCUT2D eigenvalue weighted by Gasteiger charge is 1.99. The molecule has 0 aliphatic heterocycles. The van der Waals surface area contributed by atoms with Gasteiger partial charge in [-0.15, -0.1) is 12.6 Å². The van der Waals surface area contributed by atoms with Crippen molar-refractivity contribution in [1.82, 2.24) is 0 Å². The van der Waals surface area contributed by atoms with Crippen molar-refractivity contribution in [3.05, 3.63) is 29.8 Å². The van der Waals surface area contributed by atoms with Crippen LogP contribution < -0.4 is 0 Å². The molecule has 66 valence electrons. The maximum Gasteiger partial charge on any atom is 0.189 e. The van der Waals surface area contributed by atoms with E-state index in [1.807, 2.05) is 6.07 Å². The molecule has 1 rings (SSSR count). The predicted molar refractivity (Wildman–Crippen MR) is 62.9 cm³/mol. The molecular weight excluding hydrogens is 208 g/mol. The smallest absolute Gasteiger partial charge is 0.189 e. The van der Waals surface area contributed by atoms with Gasteiger partial charge in [-0.3, -0.25) is 0 Å². The Hall–Kier alpha value is -0.190. The molecule has 0 unspecified atom stereocenters. The lowest BCUT2D eigenvalue weighted by atomic mass is 10.2. The largest absolute Gasteiger partial charge is 0.498 e. The van der Waals surface area contributed by atoms with Crippen LogP contribution in [0.3, 0.4) is 0 Å². The van der Waals surface area contributed by atoms with Crippen molar-refractivity contribution in [2.24, 2.45) is 0 Å². The van der Waals surface area contributed by atoms with Crippen LogP contribution in [0.5, 0.6) is 0 Å². The van der Waals surface area contributed by atoms with Gasteiger partial charge in [-0.25, -0.2) is 0 Å². The first-order valence-corrected chi connectivity index (χ1v) is 4.93. The molecule has 1 N–H and O–H groups in total. The standard InChI is InChI=1S/C7H6OS2.CH4S/c8-7(10)5-3-1-2-4-6(5)9;1-2/h1-4,9H,(H,8,10);2H,1H3. The number of aliphatic hydroxyl groups excluding tert-OH is 1. The Balaban J connectivity index is 0.000000561. The quantitative estimate of drug-likeness (QED) is 0.498. The van der Waals surface area contributed by atoms with Crippen LogP contribution >= 0.6 is 37.5 Å². The van der Waals surface area contributed by atoms with Crippen molar-refractivity contribution in [2.75, 3.05) is 6.26 Å². The first-order valence-electron chi connectivity index (χ1n) is 3.18. The molecule has 12 heavy (non-hydrogen) atoms. The third-order valence-corrected chi connectivity index (χ3v) is 1.74. The van der Waals surface area contributed by atoms with Gasteiger partial charge in [0.2, 0.25) is 0 Å². The number of aliphatic hydroxyl groups is 1. The van der Waals surface area contributed by atoms with Crippen molar-refractivity contribution in [3.63, 3.8) is 0 Å². The van der Waals surface area contributed by atoms with Gasteiger partial charge in [-0.2, -0.15) is 12.6 Å². The van der Waals surface area contributed by atoms with Crippen molar-refractivity contribution < 1.29 is 5.11 Å². The molecular formula is C8H10OS3. The molecule has 0 saturated heterocycles. The van der Waals surface area contributed by atoms with Gasteiger partial charge in [-0.05, 0) is 30.6 Å². The van der Waals surface area contributed by atoms with Crippen LogP contribution in [0, 0.1) is 0 Å². The van der Waals surface area contributed by atoms with Crippen molar-refractivity contribution in [3.8, 4) is 0 Å². The fourth-order valence-electron chi connectivity index (χ4n) is 0.654. The topological polar surface area (TPSA) is 20.2 Å². The zero-order valence-corrected chi connectivity index (χ0v) is 9.16. The molecule has 0 amide bonds. The molecule has 1 nitrogen and oxygen atoms in total. The van der Waals surface area contributed by atoms with E-state index in [-0.39, 0.29) is 5.05 Å². The summed E-state index contributed by atoms with van der Waals surface area (Å²) in [6, 6.07) is 7.15. The van der Waals surface area contributed by atoms with E-state index < -0.39 is 0 Å². The van der Waals surface area contributed by atoms with E-state index in [2.05, 4.69) is 37.5 Å². The highest BCUT2D eigenvalue weighted by atomic mass is 32.1. The summed E-state index contributed by atoms with van der Waals surface area (Å²) in [4.78, 5) is 0.704. The first-order chi connectivity index (χ1) is 5.72. The number of rotatable bonds is 1. The molecule has 0 heterocycles. The second-order valence-electron chi connectivity index (χ2n) is 1.82. The molecule has 0 radical (unpaired) electrons. The van der Waals surface area contributed by atoms with Gasteiger partial charge < -0.3 is 5.11 Å². The van der Waals surface area contributed by atoms with Crippen molar-refractivity contribution in [1.29, 1.82) is 0 Å². The normalized spacial score (nSPS) is 8.25. The van der Waals surface area contributed by atoms with Gasteiger partial charge in [0.15, 0.2) is 5.05 Å². The van der Waals surface area contributed by atoms with E-state index in [0.29, 0.717) is 10.5 Å². The Kier molecular flexibility index (Phi) is 6.24. The highest BCUT2D eigenvalue weighted by molar-refractivity contribution is 7.81. The molecule has 0 spiro atoms. The van der Waals surface area contributed by atoms with E-state index >= 15 is 0 Å². The summed E-state index contributed by atoms with van der Waals surface area (Å²) in [5, 5.41) is 8.78. The maximum atomic E-state index is 8.89. The molecule has 0 aliphatic carbocycles. The number of hydrogen-bond donors (Lipinski definition) is 3. The van der Waals surface area contributed by atoms with Crippen LogP contribution in [0.2, 0.25) is 0 Å². The van der Waals surface area contributed by atoms with Crippen LogP contribution in [-0.2, 0) is 0 Å². The Labute approximate surface area is 88.6 Å². The summed E-state index contributed by atoms with van der Waals surface area (Å²) in [6.45, 7) is 0. The van der Waals surface area contributed by atoms with Gasteiger partial charge in [0.1, 0.15) is 0 Å². The van der Waals surface area contributed by atoms with Crippen molar-refractivity contribution >= 4 is 42.5 Å². The summed E-state index contributed by atoms with van der Waals surface area (Å²) in [5.41, 5.74) is 0.612. The number of thiocarbonyl (C=S) groups is 1. The maximum absolute atomic E-state index is 8.89. The molecule has 4 heteroatoms. The first kappa shape index (κ1) is 11.8. The van der Waals surface area contributed by atoms with Gasteiger partial charge in [0.05, 0.1) is 0 Å². The Morgan fingerprint density at radius 1 is 1.33 bits per heavy atom. The minimum atomic E-state index is -0.106. The molecule has 1 aromatic rings. The van der Waals surface area contributed by atoms with Crippen molar-refractivity contribution in [2.45, 2.75) is 4.90 Å². The van der Waals surface area contributed by atoms with E-state index in [1.165, 1.54) is 0 Å². The minimum absolute atomic E-state index is 0.106. The van der Waals surface area contributed by atoms with Crippen LogP contribution in [-0.4, -0.2) is 16.4 Å². The Morgan fingerprint density at radius 2 is 1.83 bits per heavy atom. The zero-order chi connectivity index (χ0) is 9.56. The average Bonchev–Trinajstić information content (AvgIpc) is 2.08. The van der Waals surface area contributed by atoms with E-state index in [9.17, 15) is 0 Å². The van der Waals surface area contributed by atoms with Crippen LogP contribution in [0.4, 0.5) is 0 Å². The summed E-state index contributed by atoms with van der Waals surface area (Å²) in [6.07, 6.45) is 1.69. The van der Waals surface area contributed by atoms with Crippen LogP contribution in [0.1, 0.15) is 5.56 Å². The summed E-state index contributed by atoms with van der Waals surface area (Å²) in [7, 11) is 0. The van der Waals surface area contributed by atoms with E-state index in [1.54, 1.807) is 24.5 Å². The molecule has 1 aromatic carbocycles. The third-order valence-electron chi connectivity index (χ3n) is 1.13. The second kappa shape index (κ2) is 6.34.